The number of rotatable bonds is 26. The predicted octanol–water partition coefficient (Wildman–Crippen LogP) is 7.21. The summed E-state index contributed by atoms with van der Waals surface area (Å²) in [5.41, 5.74) is 0. The Kier molecular flexibility index (Phi) is 26.8. The minimum Gasteiger partial charge on any atom is -0.317 e. The van der Waals surface area contributed by atoms with Crippen LogP contribution in [0.15, 0.2) is 0 Å². The molecule has 182 valence electrons. The first kappa shape index (κ1) is 29.9. The molecule has 0 radical (unpaired) electrons. The smallest absolute Gasteiger partial charge is 0.00680 e. The molecule has 0 saturated carbocycles. The van der Waals surface area contributed by atoms with Gasteiger partial charge >= 0.3 is 0 Å². The molecule has 0 unspecified atom stereocenters. The Labute approximate surface area is 191 Å². The molecule has 3 nitrogen and oxygen atoms in total. The summed E-state index contributed by atoms with van der Waals surface area (Å²) in [5.74, 6) is 0. The Hall–Kier alpha value is -0.120. The van der Waals surface area contributed by atoms with Crippen molar-refractivity contribution in [3.8, 4) is 0 Å². The van der Waals surface area contributed by atoms with E-state index < -0.39 is 0 Å². The standard InChI is InChI=1S/C27H59N3/c1-4-7-10-13-14-17-26-30-27(20-18-24-28-22-15-11-8-5-2)21-19-25-29-23-16-12-9-6-3/h27-30H,4-26H2,1-3H3. The van der Waals surface area contributed by atoms with E-state index in [2.05, 4.69) is 36.7 Å². The molecule has 0 rings (SSSR count). The number of hydrogen-bond acceptors (Lipinski definition) is 3. The maximum atomic E-state index is 3.89. The van der Waals surface area contributed by atoms with Gasteiger partial charge in [-0.15, -0.1) is 0 Å². The summed E-state index contributed by atoms with van der Waals surface area (Å²) in [6, 6.07) is 0.712. The van der Waals surface area contributed by atoms with Crippen LogP contribution in [0.25, 0.3) is 0 Å². The highest BCUT2D eigenvalue weighted by atomic mass is 14.9. The van der Waals surface area contributed by atoms with Crippen LogP contribution in [0, 0.1) is 0 Å². The van der Waals surface area contributed by atoms with E-state index >= 15 is 0 Å². The van der Waals surface area contributed by atoms with Crippen molar-refractivity contribution < 1.29 is 0 Å². The summed E-state index contributed by atoms with van der Waals surface area (Å²) in [7, 11) is 0. The molecule has 0 aromatic carbocycles. The van der Waals surface area contributed by atoms with Gasteiger partial charge in [0.05, 0.1) is 0 Å². The van der Waals surface area contributed by atoms with E-state index in [1.807, 2.05) is 0 Å². The molecule has 0 heterocycles. The summed E-state index contributed by atoms with van der Waals surface area (Å²) in [6.45, 7) is 12.9. The molecule has 0 fully saturated rings. The molecule has 0 amide bonds. The van der Waals surface area contributed by atoms with Gasteiger partial charge in [-0.3, -0.25) is 0 Å². The number of nitrogens with one attached hydrogen (secondary N) is 3. The van der Waals surface area contributed by atoms with Crippen LogP contribution < -0.4 is 16.0 Å². The summed E-state index contributed by atoms with van der Waals surface area (Å²) in [4.78, 5) is 0. The first-order valence-electron chi connectivity index (χ1n) is 14.0. The van der Waals surface area contributed by atoms with Gasteiger partial charge < -0.3 is 16.0 Å². The van der Waals surface area contributed by atoms with Crippen molar-refractivity contribution in [3.63, 3.8) is 0 Å². The highest BCUT2D eigenvalue weighted by Crippen LogP contribution is 2.08. The van der Waals surface area contributed by atoms with E-state index in [9.17, 15) is 0 Å². The predicted molar refractivity (Wildman–Crippen MR) is 138 cm³/mol. The van der Waals surface area contributed by atoms with Gasteiger partial charge in [-0.1, -0.05) is 91.4 Å². The van der Waals surface area contributed by atoms with Gasteiger partial charge in [0.25, 0.3) is 0 Å². The highest BCUT2D eigenvalue weighted by molar-refractivity contribution is 4.69. The SMILES string of the molecule is CCCCCCCCNC(CCCNCCCCCC)CCCNCCCCCC. The zero-order valence-electron chi connectivity index (χ0n) is 21.3. The molecule has 30 heavy (non-hydrogen) atoms. The molecule has 0 aromatic rings. The van der Waals surface area contributed by atoms with E-state index in [4.69, 9.17) is 0 Å². The quantitative estimate of drug-likeness (QED) is 0.128. The van der Waals surface area contributed by atoms with Gasteiger partial charge in [-0.2, -0.15) is 0 Å². The lowest BCUT2D eigenvalue weighted by atomic mass is 10.0. The van der Waals surface area contributed by atoms with Crippen LogP contribution in [0.4, 0.5) is 0 Å². The van der Waals surface area contributed by atoms with Gasteiger partial charge in [-0.25, -0.2) is 0 Å². The third-order valence-corrected chi connectivity index (χ3v) is 6.19. The van der Waals surface area contributed by atoms with E-state index in [1.165, 1.54) is 148 Å². The van der Waals surface area contributed by atoms with Crippen LogP contribution in [-0.4, -0.2) is 38.8 Å². The van der Waals surface area contributed by atoms with Crippen LogP contribution >= 0.6 is 0 Å². The average molecular weight is 426 g/mol. The van der Waals surface area contributed by atoms with Crippen molar-refractivity contribution in [2.75, 3.05) is 32.7 Å². The van der Waals surface area contributed by atoms with Crippen molar-refractivity contribution in [2.45, 2.75) is 142 Å². The molecule has 0 aliphatic carbocycles. The summed E-state index contributed by atoms with van der Waals surface area (Å²) < 4.78 is 0. The third-order valence-electron chi connectivity index (χ3n) is 6.19. The van der Waals surface area contributed by atoms with E-state index in [0.29, 0.717) is 6.04 Å². The average Bonchev–Trinajstić information content (AvgIpc) is 2.76. The van der Waals surface area contributed by atoms with Gasteiger partial charge in [0.1, 0.15) is 0 Å². The Morgan fingerprint density at radius 1 is 0.400 bits per heavy atom. The van der Waals surface area contributed by atoms with Crippen LogP contribution in [0.2, 0.25) is 0 Å². The highest BCUT2D eigenvalue weighted by Gasteiger charge is 2.07. The third kappa shape index (κ3) is 24.2. The van der Waals surface area contributed by atoms with Crippen LogP contribution in [-0.2, 0) is 0 Å². The molecule has 3 N–H and O–H groups in total. The van der Waals surface area contributed by atoms with Gasteiger partial charge in [0.15, 0.2) is 0 Å². The minimum atomic E-state index is 0.712. The molecule has 0 aliphatic heterocycles. The second-order valence-electron chi connectivity index (χ2n) is 9.32. The van der Waals surface area contributed by atoms with Crippen molar-refractivity contribution in [3.05, 3.63) is 0 Å². The maximum Gasteiger partial charge on any atom is 0.00680 e. The van der Waals surface area contributed by atoms with Crippen LogP contribution in [0.3, 0.4) is 0 Å². The Balaban J connectivity index is 3.81. The van der Waals surface area contributed by atoms with Crippen molar-refractivity contribution in [1.29, 1.82) is 0 Å². The monoisotopic (exact) mass is 425 g/mol. The Bertz CT molecular complexity index is 276. The number of unbranched alkanes of at least 4 members (excludes halogenated alkanes) is 11. The van der Waals surface area contributed by atoms with Gasteiger partial charge in [0.2, 0.25) is 0 Å². The van der Waals surface area contributed by atoms with Gasteiger partial charge in [-0.05, 0) is 77.7 Å². The zero-order chi connectivity index (χ0) is 22.0. The van der Waals surface area contributed by atoms with Crippen LogP contribution in [0.5, 0.6) is 0 Å². The fourth-order valence-corrected chi connectivity index (χ4v) is 4.11. The first-order chi connectivity index (χ1) is 14.8. The molecule has 0 saturated heterocycles. The van der Waals surface area contributed by atoms with Crippen LogP contribution in [0.1, 0.15) is 136 Å². The lowest BCUT2D eigenvalue weighted by Crippen LogP contribution is -2.32. The fourth-order valence-electron chi connectivity index (χ4n) is 4.11. The molecular weight excluding hydrogens is 366 g/mol. The largest absolute Gasteiger partial charge is 0.317 e. The summed E-state index contributed by atoms with van der Waals surface area (Å²) in [5, 5.41) is 11.2. The lowest BCUT2D eigenvalue weighted by Gasteiger charge is -2.19. The topological polar surface area (TPSA) is 36.1 Å². The Morgan fingerprint density at radius 3 is 1.27 bits per heavy atom. The molecular formula is C27H59N3. The second kappa shape index (κ2) is 26.9. The molecule has 3 heteroatoms. The van der Waals surface area contributed by atoms with Crippen molar-refractivity contribution in [1.82, 2.24) is 16.0 Å². The molecule has 0 bridgehead atoms. The maximum absolute atomic E-state index is 3.89. The molecule has 0 spiro atoms. The van der Waals surface area contributed by atoms with E-state index in [0.717, 1.165) is 0 Å². The second-order valence-corrected chi connectivity index (χ2v) is 9.32. The first-order valence-corrected chi connectivity index (χ1v) is 14.0. The minimum absolute atomic E-state index is 0.712. The summed E-state index contributed by atoms with van der Waals surface area (Å²) in [6.07, 6.45) is 24.5. The number of hydrogen-bond donors (Lipinski definition) is 3. The van der Waals surface area contributed by atoms with Crippen molar-refractivity contribution in [2.24, 2.45) is 0 Å². The fraction of sp³-hybridized carbons (Fsp3) is 1.00. The molecule has 0 aliphatic rings. The van der Waals surface area contributed by atoms with Gasteiger partial charge in [0, 0.05) is 6.04 Å². The molecule has 0 atom stereocenters. The van der Waals surface area contributed by atoms with E-state index in [-0.39, 0.29) is 0 Å². The zero-order valence-corrected chi connectivity index (χ0v) is 21.3. The lowest BCUT2D eigenvalue weighted by molar-refractivity contribution is 0.411. The Morgan fingerprint density at radius 2 is 0.767 bits per heavy atom. The normalized spacial score (nSPS) is 11.6. The summed E-state index contributed by atoms with van der Waals surface area (Å²) >= 11 is 0. The molecule has 0 aromatic heterocycles. The van der Waals surface area contributed by atoms with E-state index in [1.54, 1.807) is 0 Å². The van der Waals surface area contributed by atoms with Crippen molar-refractivity contribution >= 4 is 0 Å².